The minimum absolute atomic E-state index is 0.188. The number of carbonyl (C=O) groups excluding carboxylic acids is 1. The molecular formula is C17H23ClN2O2. The summed E-state index contributed by atoms with van der Waals surface area (Å²) in [5.74, 6) is 0.826. The molecule has 1 amide bonds. The summed E-state index contributed by atoms with van der Waals surface area (Å²) < 4.78 is 5.94. The zero-order valence-electron chi connectivity index (χ0n) is 13.0. The van der Waals surface area contributed by atoms with E-state index in [1.165, 1.54) is 31.5 Å². The van der Waals surface area contributed by atoms with Gasteiger partial charge in [-0.3, -0.25) is 9.69 Å². The Morgan fingerprint density at radius 1 is 1.36 bits per heavy atom. The SMILES string of the molecule is CN(C=O)C1CC(Oc2ccc(CN3CCCC3)c(Cl)c2)C1. The number of hydrogen-bond donors (Lipinski definition) is 0. The van der Waals surface area contributed by atoms with Gasteiger partial charge in [0.15, 0.2) is 0 Å². The Morgan fingerprint density at radius 3 is 2.73 bits per heavy atom. The van der Waals surface area contributed by atoms with Crippen LogP contribution in [0.3, 0.4) is 0 Å². The molecule has 0 aromatic heterocycles. The lowest BCUT2D eigenvalue weighted by Crippen LogP contribution is -2.47. The van der Waals surface area contributed by atoms with Crippen LogP contribution in [0.2, 0.25) is 5.02 Å². The fourth-order valence-corrected chi connectivity index (χ4v) is 3.39. The van der Waals surface area contributed by atoms with Gasteiger partial charge in [0.1, 0.15) is 11.9 Å². The van der Waals surface area contributed by atoms with Crippen LogP contribution in [0, 0.1) is 0 Å². The van der Waals surface area contributed by atoms with Crippen molar-refractivity contribution in [1.29, 1.82) is 0 Å². The van der Waals surface area contributed by atoms with E-state index in [-0.39, 0.29) is 6.10 Å². The fraction of sp³-hybridized carbons (Fsp3) is 0.588. The third-order valence-corrected chi connectivity index (χ3v) is 5.08. The van der Waals surface area contributed by atoms with E-state index < -0.39 is 0 Å². The summed E-state index contributed by atoms with van der Waals surface area (Å²) in [4.78, 5) is 14.8. The average Bonchev–Trinajstić information content (AvgIpc) is 2.97. The maximum atomic E-state index is 10.7. The number of likely N-dealkylation sites (tertiary alicyclic amines) is 1. The van der Waals surface area contributed by atoms with Gasteiger partial charge in [0, 0.05) is 37.5 Å². The quantitative estimate of drug-likeness (QED) is 0.755. The Hall–Kier alpha value is -1.26. The molecular weight excluding hydrogens is 300 g/mol. The molecule has 3 rings (SSSR count). The molecule has 1 heterocycles. The lowest BCUT2D eigenvalue weighted by Gasteiger charge is -2.39. The first-order valence-corrected chi connectivity index (χ1v) is 8.38. The van der Waals surface area contributed by atoms with Crippen LogP contribution in [0.25, 0.3) is 0 Å². The van der Waals surface area contributed by atoms with Crippen molar-refractivity contribution in [3.05, 3.63) is 28.8 Å². The Labute approximate surface area is 137 Å². The molecule has 2 fully saturated rings. The summed E-state index contributed by atoms with van der Waals surface area (Å²) >= 11 is 6.39. The average molecular weight is 323 g/mol. The predicted molar refractivity (Wildman–Crippen MR) is 87.2 cm³/mol. The van der Waals surface area contributed by atoms with E-state index in [1.807, 2.05) is 19.2 Å². The van der Waals surface area contributed by atoms with Crippen LogP contribution < -0.4 is 4.74 Å². The molecule has 1 aliphatic carbocycles. The summed E-state index contributed by atoms with van der Waals surface area (Å²) in [5.41, 5.74) is 1.17. The van der Waals surface area contributed by atoms with Crippen molar-refractivity contribution >= 4 is 18.0 Å². The van der Waals surface area contributed by atoms with Crippen molar-refractivity contribution in [3.63, 3.8) is 0 Å². The smallest absolute Gasteiger partial charge is 0.209 e. The van der Waals surface area contributed by atoms with Gasteiger partial charge in [-0.25, -0.2) is 0 Å². The van der Waals surface area contributed by atoms with E-state index in [0.29, 0.717) is 6.04 Å². The lowest BCUT2D eigenvalue weighted by molar-refractivity contribution is -0.122. The van der Waals surface area contributed by atoms with Crippen LogP contribution in [0.5, 0.6) is 5.75 Å². The molecule has 1 saturated carbocycles. The van der Waals surface area contributed by atoms with E-state index in [1.54, 1.807) is 4.90 Å². The summed E-state index contributed by atoms with van der Waals surface area (Å²) in [6, 6.07) is 6.31. The van der Waals surface area contributed by atoms with Crippen LogP contribution in [0.4, 0.5) is 0 Å². The highest BCUT2D eigenvalue weighted by Crippen LogP contribution is 2.31. The van der Waals surface area contributed by atoms with E-state index in [2.05, 4.69) is 11.0 Å². The topological polar surface area (TPSA) is 32.8 Å². The van der Waals surface area contributed by atoms with Gasteiger partial charge in [0.25, 0.3) is 0 Å². The van der Waals surface area contributed by atoms with Crippen molar-refractivity contribution in [3.8, 4) is 5.75 Å². The first-order valence-electron chi connectivity index (χ1n) is 8.00. The van der Waals surface area contributed by atoms with Crippen molar-refractivity contribution in [2.75, 3.05) is 20.1 Å². The second-order valence-electron chi connectivity index (χ2n) is 6.37. The number of hydrogen-bond acceptors (Lipinski definition) is 3. The standard InChI is InChI=1S/C17H23ClN2O2/c1-19(12-21)14-8-16(9-14)22-15-5-4-13(17(18)10-15)11-20-6-2-3-7-20/h4-5,10,12,14,16H,2-3,6-9,11H2,1H3. The molecule has 1 aliphatic heterocycles. The van der Waals surface area contributed by atoms with Crippen LogP contribution in [-0.4, -0.2) is 48.5 Å². The number of halogens is 1. The predicted octanol–water partition coefficient (Wildman–Crippen LogP) is 2.93. The van der Waals surface area contributed by atoms with Crippen LogP contribution >= 0.6 is 11.6 Å². The number of benzene rings is 1. The van der Waals surface area contributed by atoms with E-state index in [0.717, 1.165) is 36.6 Å². The van der Waals surface area contributed by atoms with Crippen LogP contribution in [0.15, 0.2) is 18.2 Å². The highest BCUT2D eigenvalue weighted by molar-refractivity contribution is 6.31. The molecule has 0 atom stereocenters. The molecule has 2 aliphatic rings. The third-order valence-electron chi connectivity index (χ3n) is 4.73. The fourth-order valence-electron chi connectivity index (χ4n) is 3.16. The molecule has 120 valence electrons. The van der Waals surface area contributed by atoms with Gasteiger partial charge in [-0.05, 0) is 43.6 Å². The summed E-state index contributed by atoms with van der Waals surface area (Å²) in [5, 5.41) is 0.783. The molecule has 0 spiro atoms. The van der Waals surface area contributed by atoms with Crippen molar-refractivity contribution in [2.24, 2.45) is 0 Å². The first kappa shape index (κ1) is 15.6. The largest absolute Gasteiger partial charge is 0.490 e. The number of ether oxygens (including phenoxy) is 1. The van der Waals surface area contributed by atoms with Gasteiger partial charge in [-0.1, -0.05) is 17.7 Å². The van der Waals surface area contributed by atoms with Gasteiger partial charge < -0.3 is 9.64 Å². The Morgan fingerprint density at radius 2 is 2.09 bits per heavy atom. The molecule has 22 heavy (non-hydrogen) atoms. The normalized spacial score (nSPS) is 24.8. The second kappa shape index (κ2) is 6.88. The molecule has 4 nitrogen and oxygen atoms in total. The maximum Gasteiger partial charge on any atom is 0.209 e. The highest BCUT2D eigenvalue weighted by atomic mass is 35.5. The zero-order chi connectivity index (χ0) is 15.5. The molecule has 0 unspecified atom stereocenters. The van der Waals surface area contributed by atoms with E-state index in [9.17, 15) is 4.79 Å². The molecule has 5 heteroatoms. The Kier molecular flexibility index (Phi) is 4.89. The van der Waals surface area contributed by atoms with Gasteiger partial charge in [0.2, 0.25) is 6.41 Å². The first-order chi connectivity index (χ1) is 10.7. The molecule has 1 aromatic carbocycles. The number of rotatable bonds is 6. The highest BCUT2D eigenvalue weighted by Gasteiger charge is 2.33. The van der Waals surface area contributed by atoms with Crippen molar-refractivity contribution in [1.82, 2.24) is 9.80 Å². The van der Waals surface area contributed by atoms with Crippen LogP contribution in [-0.2, 0) is 11.3 Å². The van der Waals surface area contributed by atoms with Gasteiger partial charge in [-0.2, -0.15) is 0 Å². The minimum atomic E-state index is 0.188. The third kappa shape index (κ3) is 3.55. The van der Waals surface area contributed by atoms with Crippen LogP contribution in [0.1, 0.15) is 31.2 Å². The number of amides is 1. The Bertz CT molecular complexity index is 525. The van der Waals surface area contributed by atoms with Gasteiger partial charge in [0.05, 0.1) is 0 Å². The van der Waals surface area contributed by atoms with E-state index in [4.69, 9.17) is 16.3 Å². The second-order valence-corrected chi connectivity index (χ2v) is 6.78. The number of nitrogens with zero attached hydrogens (tertiary/aromatic N) is 2. The summed E-state index contributed by atoms with van der Waals surface area (Å²) in [7, 11) is 1.82. The van der Waals surface area contributed by atoms with Crippen molar-refractivity contribution < 1.29 is 9.53 Å². The summed E-state index contributed by atoms with van der Waals surface area (Å²) in [6.07, 6.45) is 5.43. The maximum absolute atomic E-state index is 10.7. The number of carbonyl (C=O) groups is 1. The lowest BCUT2D eigenvalue weighted by atomic mass is 9.88. The minimum Gasteiger partial charge on any atom is -0.490 e. The monoisotopic (exact) mass is 322 g/mol. The Balaban J connectivity index is 1.53. The molecule has 0 N–H and O–H groups in total. The van der Waals surface area contributed by atoms with Gasteiger partial charge >= 0.3 is 0 Å². The molecule has 1 aromatic rings. The van der Waals surface area contributed by atoms with Gasteiger partial charge in [-0.15, -0.1) is 0 Å². The molecule has 0 radical (unpaired) electrons. The van der Waals surface area contributed by atoms with E-state index >= 15 is 0 Å². The zero-order valence-corrected chi connectivity index (χ0v) is 13.8. The summed E-state index contributed by atoms with van der Waals surface area (Å²) in [6.45, 7) is 3.26. The molecule has 0 bridgehead atoms. The molecule has 1 saturated heterocycles. The van der Waals surface area contributed by atoms with Crippen molar-refractivity contribution in [2.45, 2.75) is 44.4 Å².